The van der Waals surface area contributed by atoms with Crippen molar-refractivity contribution in [3.8, 4) is 16.3 Å². The minimum atomic E-state index is 0.563. The van der Waals surface area contributed by atoms with Crippen molar-refractivity contribution in [1.82, 2.24) is 4.98 Å². The number of benzene rings is 4. The zero-order chi connectivity index (χ0) is 22.6. The molecule has 0 unspecified atom stereocenters. The normalized spacial score (nSPS) is 11.0. The number of aromatic nitrogens is 1. The minimum Gasteiger partial charge on any atom is -0.489 e. The van der Waals surface area contributed by atoms with E-state index in [1.54, 1.807) is 11.3 Å². The van der Waals surface area contributed by atoms with Crippen LogP contribution in [-0.4, -0.2) is 4.98 Å². The van der Waals surface area contributed by atoms with E-state index in [9.17, 15) is 0 Å². The van der Waals surface area contributed by atoms with Gasteiger partial charge in [0, 0.05) is 23.4 Å². The predicted octanol–water partition coefficient (Wildman–Crippen LogP) is 7.77. The van der Waals surface area contributed by atoms with Gasteiger partial charge in [0.1, 0.15) is 17.4 Å². The van der Waals surface area contributed by atoms with Crippen molar-refractivity contribution in [2.45, 2.75) is 27.0 Å². The van der Waals surface area contributed by atoms with E-state index in [2.05, 4.69) is 92.0 Å². The molecular formula is C29H26N2OS. The number of rotatable bonds is 7. The van der Waals surface area contributed by atoms with Crippen LogP contribution < -0.4 is 10.1 Å². The molecule has 0 amide bonds. The van der Waals surface area contributed by atoms with E-state index in [1.165, 1.54) is 21.4 Å². The Kier molecular flexibility index (Phi) is 6.09. The van der Waals surface area contributed by atoms with Gasteiger partial charge in [0.2, 0.25) is 0 Å². The van der Waals surface area contributed by atoms with Gasteiger partial charge >= 0.3 is 0 Å². The van der Waals surface area contributed by atoms with Gasteiger partial charge in [0.05, 0.1) is 10.2 Å². The molecule has 0 atom stereocenters. The number of para-hydroxylation sites is 1. The lowest BCUT2D eigenvalue weighted by Crippen LogP contribution is -2.03. The molecule has 0 aliphatic rings. The third-order valence-electron chi connectivity index (χ3n) is 5.65. The summed E-state index contributed by atoms with van der Waals surface area (Å²) in [6, 6.07) is 31.6. The molecule has 0 saturated carbocycles. The molecule has 0 aliphatic carbocycles. The fraction of sp³-hybridized carbons (Fsp3) is 0.138. The van der Waals surface area contributed by atoms with Gasteiger partial charge in [-0.3, -0.25) is 0 Å². The highest BCUT2D eigenvalue weighted by Gasteiger charge is 2.08. The fourth-order valence-electron chi connectivity index (χ4n) is 3.72. The lowest BCUT2D eigenvalue weighted by atomic mass is 10.1. The smallest absolute Gasteiger partial charge is 0.124 e. The molecule has 5 aromatic rings. The van der Waals surface area contributed by atoms with Crippen LogP contribution in [-0.2, 0) is 13.2 Å². The Morgan fingerprint density at radius 3 is 2.39 bits per heavy atom. The summed E-state index contributed by atoms with van der Waals surface area (Å²) in [5.74, 6) is 0.909. The van der Waals surface area contributed by atoms with Crippen molar-refractivity contribution >= 4 is 27.2 Å². The second-order valence-corrected chi connectivity index (χ2v) is 9.33. The minimum absolute atomic E-state index is 0.563. The summed E-state index contributed by atoms with van der Waals surface area (Å²) < 4.78 is 7.35. The largest absolute Gasteiger partial charge is 0.489 e. The van der Waals surface area contributed by atoms with E-state index in [-0.39, 0.29) is 0 Å². The Morgan fingerprint density at radius 1 is 0.818 bits per heavy atom. The Hall–Kier alpha value is -3.63. The highest BCUT2D eigenvalue weighted by molar-refractivity contribution is 7.21. The van der Waals surface area contributed by atoms with Gasteiger partial charge in [-0.2, -0.15) is 0 Å². The number of hydrogen-bond acceptors (Lipinski definition) is 4. The van der Waals surface area contributed by atoms with Gasteiger partial charge in [0.15, 0.2) is 0 Å². The molecule has 1 N–H and O–H groups in total. The summed E-state index contributed by atoms with van der Waals surface area (Å²) in [5, 5.41) is 4.58. The Balaban J connectivity index is 1.24. The summed E-state index contributed by atoms with van der Waals surface area (Å²) >= 11 is 1.74. The summed E-state index contributed by atoms with van der Waals surface area (Å²) in [6.07, 6.45) is 0. The van der Waals surface area contributed by atoms with Crippen molar-refractivity contribution in [2.24, 2.45) is 0 Å². The molecule has 1 heterocycles. The van der Waals surface area contributed by atoms with Crippen LogP contribution in [0.4, 0.5) is 5.69 Å². The van der Waals surface area contributed by atoms with Crippen LogP contribution in [0, 0.1) is 13.8 Å². The monoisotopic (exact) mass is 450 g/mol. The number of ether oxygens (including phenoxy) is 1. The first-order valence-corrected chi connectivity index (χ1v) is 11.9. The molecule has 3 nitrogen and oxygen atoms in total. The van der Waals surface area contributed by atoms with Crippen LogP contribution in [0.2, 0.25) is 0 Å². The van der Waals surface area contributed by atoms with Crippen molar-refractivity contribution in [3.63, 3.8) is 0 Å². The lowest BCUT2D eigenvalue weighted by Gasteiger charge is -2.13. The van der Waals surface area contributed by atoms with Crippen molar-refractivity contribution in [3.05, 3.63) is 113 Å². The molecule has 164 valence electrons. The van der Waals surface area contributed by atoms with Gasteiger partial charge < -0.3 is 10.1 Å². The number of hydrogen-bond donors (Lipinski definition) is 1. The number of aryl methyl sites for hydroxylation is 2. The summed E-state index contributed by atoms with van der Waals surface area (Å²) in [4.78, 5) is 4.79. The first-order chi connectivity index (χ1) is 16.1. The Labute approximate surface area is 198 Å². The van der Waals surface area contributed by atoms with Crippen LogP contribution in [0.5, 0.6) is 5.75 Å². The molecule has 4 aromatic carbocycles. The zero-order valence-electron chi connectivity index (χ0n) is 18.8. The maximum absolute atomic E-state index is 6.12. The van der Waals surface area contributed by atoms with Crippen molar-refractivity contribution in [1.29, 1.82) is 0 Å². The molecule has 4 heteroatoms. The average Bonchev–Trinajstić information content (AvgIpc) is 3.26. The zero-order valence-corrected chi connectivity index (χ0v) is 19.7. The van der Waals surface area contributed by atoms with Crippen LogP contribution in [0.3, 0.4) is 0 Å². The number of fused-ring (bicyclic) bond motifs is 1. The molecule has 5 rings (SSSR count). The van der Waals surface area contributed by atoms with Crippen LogP contribution in [0.1, 0.15) is 22.3 Å². The van der Waals surface area contributed by atoms with E-state index in [4.69, 9.17) is 9.72 Å². The molecule has 1 aromatic heterocycles. The second-order valence-electron chi connectivity index (χ2n) is 8.30. The van der Waals surface area contributed by atoms with E-state index in [1.807, 2.05) is 18.2 Å². The number of nitrogens with zero attached hydrogens (tertiary/aromatic N) is 1. The Bertz CT molecular complexity index is 1370. The second kappa shape index (κ2) is 9.47. The topological polar surface area (TPSA) is 34.1 Å². The third kappa shape index (κ3) is 5.07. The highest BCUT2D eigenvalue weighted by Crippen LogP contribution is 2.31. The first kappa shape index (κ1) is 21.2. The van der Waals surface area contributed by atoms with Gasteiger partial charge in [-0.25, -0.2) is 4.98 Å². The first-order valence-electron chi connectivity index (χ1n) is 11.1. The van der Waals surface area contributed by atoms with E-state index in [0.717, 1.165) is 33.1 Å². The van der Waals surface area contributed by atoms with Gasteiger partial charge in [-0.1, -0.05) is 54.1 Å². The number of thiazole rings is 1. The summed E-state index contributed by atoms with van der Waals surface area (Å²) in [5.41, 5.74) is 8.10. The van der Waals surface area contributed by atoms with E-state index >= 15 is 0 Å². The molecule has 0 saturated heterocycles. The van der Waals surface area contributed by atoms with E-state index < -0.39 is 0 Å². The van der Waals surface area contributed by atoms with Crippen LogP contribution >= 0.6 is 11.3 Å². The SMILES string of the molecule is Cc1ccc(COc2ccccc2CNc2ccc(-c3nc4ccc(C)cc4s3)cc2)cc1. The maximum atomic E-state index is 6.12. The van der Waals surface area contributed by atoms with Gasteiger partial charge in [0.25, 0.3) is 0 Å². The molecule has 0 spiro atoms. The summed E-state index contributed by atoms with van der Waals surface area (Å²) in [6.45, 7) is 5.47. The third-order valence-corrected chi connectivity index (χ3v) is 6.71. The van der Waals surface area contributed by atoms with Gasteiger partial charge in [-0.15, -0.1) is 11.3 Å². The van der Waals surface area contributed by atoms with Crippen LogP contribution in [0.25, 0.3) is 20.8 Å². The van der Waals surface area contributed by atoms with E-state index in [0.29, 0.717) is 13.2 Å². The molecule has 0 aliphatic heterocycles. The summed E-state index contributed by atoms with van der Waals surface area (Å²) in [7, 11) is 0. The molecule has 33 heavy (non-hydrogen) atoms. The highest BCUT2D eigenvalue weighted by atomic mass is 32.1. The number of nitrogens with one attached hydrogen (secondary N) is 1. The van der Waals surface area contributed by atoms with Gasteiger partial charge in [-0.05, 0) is 67.4 Å². The van der Waals surface area contributed by atoms with Crippen molar-refractivity contribution in [2.75, 3.05) is 5.32 Å². The Morgan fingerprint density at radius 2 is 1.58 bits per heavy atom. The molecule has 0 radical (unpaired) electrons. The standard InChI is InChI=1S/C29H26N2OS/c1-20-7-10-22(11-8-20)19-32-27-6-4-3-5-24(27)18-30-25-14-12-23(13-15-25)29-31-26-16-9-21(2)17-28(26)33-29/h3-17,30H,18-19H2,1-2H3. The predicted molar refractivity (Wildman–Crippen MR) is 139 cm³/mol. The van der Waals surface area contributed by atoms with Crippen LogP contribution in [0.15, 0.2) is 91.0 Å². The fourth-order valence-corrected chi connectivity index (χ4v) is 4.79. The maximum Gasteiger partial charge on any atom is 0.124 e. The molecular weight excluding hydrogens is 424 g/mol. The number of anilines is 1. The molecule has 0 bridgehead atoms. The molecule has 0 fully saturated rings. The quantitative estimate of drug-likeness (QED) is 0.275. The van der Waals surface area contributed by atoms with Crippen molar-refractivity contribution < 1.29 is 4.74 Å². The average molecular weight is 451 g/mol. The lowest BCUT2D eigenvalue weighted by molar-refractivity contribution is 0.303.